The minimum atomic E-state index is 0.0848. The van der Waals surface area contributed by atoms with E-state index in [1.165, 1.54) is 19.3 Å². The van der Waals surface area contributed by atoms with Crippen molar-refractivity contribution in [2.45, 2.75) is 38.3 Å². The molecule has 0 amide bonds. The maximum absolute atomic E-state index is 5.86. The number of anilines is 1. The van der Waals surface area contributed by atoms with Crippen LogP contribution in [0, 0.1) is 0 Å². The molecule has 1 aromatic rings. The highest BCUT2D eigenvalue weighted by molar-refractivity contribution is 5.42. The predicted molar refractivity (Wildman–Crippen MR) is 62.9 cm³/mol. The van der Waals surface area contributed by atoms with Gasteiger partial charge in [-0.3, -0.25) is 0 Å². The first-order valence-corrected chi connectivity index (χ1v) is 5.63. The fourth-order valence-electron chi connectivity index (χ4n) is 1.87. The van der Waals surface area contributed by atoms with Gasteiger partial charge in [-0.1, -0.05) is 0 Å². The van der Waals surface area contributed by atoms with E-state index in [1.807, 2.05) is 19.2 Å². The van der Waals surface area contributed by atoms with Gasteiger partial charge in [-0.05, 0) is 43.9 Å². The van der Waals surface area contributed by atoms with Crippen LogP contribution in [0.25, 0.3) is 0 Å². The molecule has 1 saturated carbocycles. The monoisotopic (exact) mass is 205 g/mol. The molecule has 0 aliphatic heterocycles. The number of nitrogens with two attached hydrogens (primary N) is 1. The summed E-state index contributed by atoms with van der Waals surface area (Å²) >= 11 is 0. The lowest BCUT2D eigenvalue weighted by Gasteiger charge is -2.35. The Hall–Kier alpha value is -1.09. The molecule has 2 N–H and O–H groups in total. The third kappa shape index (κ3) is 2.12. The summed E-state index contributed by atoms with van der Waals surface area (Å²) in [7, 11) is 2.12. The smallest absolute Gasteiger partial charge is 0.128 e. The van der Waals surface area contributed by atoms with Gasteiger partial charge in [-0.25, -0.2) is 4.98 Å². The fraction of sp³-hybridized carbons (Fsp3) is 0.583. The van der Waals surface area contributed by atoms with Crippen molar-refractivity contribution in [3.63, 3.8) is 0 Å². The van der Waals surface area contributed by atoms with Crippen LogP contribution in [0.2, 0.25) is 0 Å². The standard InChI is InChI=1S/C12H19N3/c1-9(13)10-6-7-14-12(8-10)15(2)11-4-3-5-11/h6-9,11H,3-5,13H2,1-2H3/t9-/m1/s1. The molecule has 3 nitrogen and oxygen atoms in total. The number of hydrogen-bond donors (Lipinski definition) is 1. The van der Waals surface area contributed by atoms with Gasteiger partial charge in [-0.2, -0.15) is 0 Å². The molecule has 0 saturated heterocycles. The van der Waals surface area contributed by atoms with Crippen molar-refractivity contribution < 1.29 is 0 Å². The molecule has 15 heavy (non-hydrogen) atoms. The molecule has 0 unspecified atom stereocenters. The van der Waals surface area contributed by atoms with Crippen molar-refractivity contribution >= 4 is 5.82 Å². The Bertz CT molecular complexity index is 331. The molecule has 1 aliphatic rings. The zero-order valence-electron chi connectivity index (χ0n) is 9.48. The summed E-state index contributed by atoms with van der Waals surface area (Å²) in [6.07, 6.45) is 5.78. The number of rotatable bonds is 3. The molecule has 2 rings (SSSR count). The van der Waals surface area contributed by atoms with Gasteiger partial charge in [0.2, 0.25) is 0 Å². The number of nitrogens with zero attached hydrogens (tertiary/aromatic N) is 2. The van der Waals surface area contributed by atoms with E-state index in [0.717, 1.165) is 11.4 Å². The topological polar surface area (TPSA) is 42.1 Å². The van der Waals surface area contributed by atoms with Crippen molar-refractivity contribution in [2.24, 2.45) is 5.73 Å². The van der Waals surface area contributed by atoms with Crippen molar-refractivity contribution in [1.29, 1.82) is 0 Å². The van der Waals surface area contributed by atoms with Crippen LogP contribution in [-0.4, -0.2) is 18.1 Å². The van der Waals surface area contributed by atoms with Gasteiger partial charge in [0, 0.05) is 25.3 Å². The van der Waals surface area contributed by atoms with Gasteiger partial charge in [0.15, 0.2) is 0 Å². The van der Waals surface area contributed by atoms with Gasteiger partial charge in [0.25, 0.3) is 0 Å². The van der Waals surface area contributed by atoms with Crippen LogP contribution in [0.15, 0.2) is 18.3 Å². The van der Waals surface area contributed by atoms with E-state index < -0.39 is 0 Å². The molecule has 0 bridgehead atoms. The van der Waals surface area contributed by atoms with E-state index >= 15 is 0 Å². The highest BCUT2D eigenvalue weighted by atomic mass is 15.2. The molecular formula is C12H19N3. The molecule has 1 atom stereocenters. The SMILES string of the molecule is C[C@@H](N)c1ccnc(N(C)C2CCC2)c1. The summed E-state index contributed by atoms with van der Waals surface area (Å²) in [6, 6.07) is 4.86. The van der Waals surface area contributed by atoms with Crippen LogP contribution in [-0.2, 0) is 0 Å². The van der Waals surface area contributed by atoms with Crippen LogP contribution in [0.1, 0.15) is 37.8 Å². The van der Waals surface area contributed by atoms with Crippen molar-refractivity contribution in [3.8, 4) is 0 Å². The minimum Gasteiger partial charge on any atom is -0.357 e. The lowest BCUT2D eigenvalue weighted by atomic mass is 9.92. The lowest BCUT2D eigenvalue weighted by Crippen LogP contribution is -2.37. The number of aromatic nitrogens is 1. The fourth-order valence-corrected chi connectivity index (χ4v) is 1.87. The Labute approximate surface area is 91.3 Å². The quantitative estimate of drug-likeness (QED) is 0.821. The lowest BCUT2D eigenvalue weighted by molar-refractivity contribution is 0.399. The van der Waals surface area contributed by atoms with Gasteiger partial charge in [-0.15, -0.1) is 0 Å². The first-order valence-electron chi connectivity index (χ1n) is 5.63. The van der Waals surface area contributed by atoms with Gasteiger partial charge in [0.1, 0.15) is 5.82 Å². The zero-order valence-corrected chi connectivity index (χ0v) is 9.48. The van der Waals surface area contributed by atoms with E-state index in [0.29, 0.717) is 6.04 Å². The van der Waals surface area contributed by atoms with Crippen LogP contribution in [0.4, 0.5) is 5.82 Å². The summed E-state index contributed by atoms with van der Waals surface area (Å²) in [6.45, 7) is 2.00. The van der Waals surface area contributed by atoms with Crippen LogP contribution in [0.5, 0.6) is 0 Å². The molecule has 0 radical (unpaired) electrons. The maximum Gasteiger partial charge on any atom is 0.128 e. The minimum absolute atomic E-state index is 0.0848. The number of hydrogen-bond acceptors (Lipinski definition) is 3. The predicted octanol–water partition coefficient (Wildman–Crippen LogP) is 2.09. The Balaban J connectivity index is 2.16. The second kappa shape index (κ2) is 4.19. The van der Waals surface area contributed by atoms with E-state index in [9.17, 15) is 0 Å². The first kappa shape index (κ1) is 10.4. The summed E-state index contributed by atoms with van der Waals surface area (Å²) < 4.78 is 0. The highest BCUT2D eigenvalue weighted by Crippen LogP contribution is 2.27. The molecule has 1 fully saturated rings. The Kier molecular flexibility index (Phi) is 2.91. The van der Waals surface area contributed by atoms with Gasteiger partial charge in [0.05, 0.1) is 0 Å². The zero-order chi connectivity index (χ0) is 10.8. The third-order valence-corrected chi connectivity index (χ3v) is 3.28. The van der Waals surface area contributed by atoms with Crippen LogP contribution >= 0.6 is 0 Å². The Morgan fingerprint density at radius 1 is 1.53 bits per heavy atom. The first-order chi connectivity index (χ1) is 7.18. The molecule has 82 valence electrons. The van der Waals surface area contributed by atoms with E-state index in [1.54, 1.807) is 0 Å². The molecule has 3 heteroatoms. The molecule has 0 aromatic carbocycles. The molecular weight excluding hydrogens is 186 g/mol. The van der Waals surface area contributed by atoms with E-state index in [4.69, 9.17) is 5.73 Å². The van der Waals surface area contributed by atoms with Gasteiger partial charge >= 0.3 is 0 Å². The van der Waals surface area contributed by atoms with E-state index in [-0.39, 0.29) is 6.04 Å². The van der Waals surface area contributed by atoms with Gasteiger partial charge < -0.3 is 10.6 Å². The summed E-state index contributed by atoms with van der Waals surface area (Å²) in [4.78, 5) is 6.67. The van der Waals surface area contributed by atoms with Crippen LogP contribution < -0.4 is 10.6 Å². The van der Waals surface area contributed by atoms with Crippen molar-refractivity contribution in [1.82, 2.24) is 4.98 Å². The Morgan fingerprint density at radius 3 is 2.80 bits per heavy atom. The summed E-state index contributed by atoms with van der Waals surface area (Å²) in [5.74, 6) is 1.05. The van der Waals surface area contributed by atoms with Crippen molar-refractivity contribution in [3.05, 3.63) is 23.9 Å². The Morgan fingerprint density at radius 2 is 2.27 bits per heavy atom. The largest absolute Gasteiger partial charge is 0.357 e. The summed E-state index contributed by atoms with van der Waals surface area (Å²) in [5, 5.41) is 0. The third-order valence-electron chi connectivity index (χ3n) is 3.28. The molecule has 1 aliphatic carbocycles. The number of pyridine rings is 1. The van der Waals surface area contributed by atoms with Crippen LogP contribution in [0.3, 0.4) is 0 Å². The molecule has 1 heterocycles. The normalized spacial score (nSPS) is 18.3. The average molecular weight is 205 g/mol. The second-order valence-electron chi connectivity index (χ2n) is 4.43. The molecule has 0 spiro atoms. The van der Waals surface area contributed by atoms with E-state index in [2.05, 4.69) is 23.0 Å². The van der Waals surface area contributed by atoms with Crippen molar-refractivity contribution in [2.75, 3.05) is 11.9 Å². The summed E-state index contributed by atoms with van der Waals surface area (Å²) in [5.41, 5.74) is 7.02. The average Bonchev–Trinajstić information content (AvgIpc) is 2.15. The molecule has 1 aromatic heterocycles. The second-order valence-corrected chi connectivity index (χ2v) is 4.43. The maximum atomic E-state index is 5.86. The highest BCUT2D eigenvalue weighted by Gasteiger charge is 2.23.